The number of rotatable bonds is 8. The number of anilines is 2. The predicted octanol–water partition coefficient (Wildman–Crippen LogP) is 4.60. The summed E-state index contributed by atoms with van der Waals surface area (Å²) in [7, 11) is 1.54. The maximum atomic E-state index is 13.8. The van der Waals surface area contributed by atoms with Gasteiger partial charge in [-0.1, -0.05) is 24.3 Å². The summed E-state index contributed by atoms with van der Waals surface area (Å²) in [5.74, 6) is -4.09. The molecule has 2 unspecified atom stereocenters. The smallest absolute Gasteiger partial charge is 0.271 e. The molecule has 4 rings (SSSR count). The molecule has 0 aliphatic heterocycles. The van der Waals surface area contributed by atoms with Crippen molar-refractivity contribution < 1.29 is 23.0 Å². The maximum Gasteiger partial charge on any atom is 0.271 e. The standard InChI is InChI=1S/C26H21F3N2O4/c1-13(16-11-19(27)21(29)20(28)12-16)30-22(14-6-8-18(35-2)9-7-14)15-4-3-5-17(10-15)31-23-24(32)26(34)25(23)33/h3-13,22,30-32H,1-2H3. The zero-order chi connectivity index (χ0) is 25.3. The van der Waals surface area contributed by atoms with E-state index in [0.717, 1.165) is 17.7 Å². The average Bonchev–Trinajstić information content (AvgIpc) is 2.88. The van der Waals surface area contributed by atoms with Gasteiger partial charge < -0.3 is 15.2 Å². The summed E-state index contributed by atoms with van der Waals surface area (Å²) in [6.45, 7) is 1.69. The molecule has 0 aromatic heterocycles. The maximum absolute atomic E-state index is 13.8. The molecule has 180 valence electrons. The third kappa shape index (κ3) is 4.76. The van der Waals surface area contributed by atoms with Crippen LogP contribution in [0.3, 0.4) is 0 Å². The zero-order valence-corrected chi connectivity index (χ0v) is 18.7. The lowest BCUT2D eigenvalue weighted by atomic mass is 9.96. The topological polar surface area (TPSA) is 87.7 Å². The number of methoxy groups -OCH3 is 1. The Kier molecular flexibility index (Phi) is 6.61. The lowest BCUT2D eigenvalue weighted by Crippen LogP contribution is -2.32. The van der Waals surface area contributed by atoms with E-state index in [9.17, 15) is 27.9 Å². The molecule has 0 spiro atoms. The summed E-state index contributed by atoms with van der Waals surface area (Å²) in [5.41, 5.74) is 0.190. The second-order valence-corrected chi connectivity index (χ2v) is 8.03. The normalized spacial score (nSPS) is 12.9. The Labute approximate surface area is 198 Å². The van der Waals surface area contributed by atoms with E-state index in [1.54, 1.807) is 43.3 Å². The number of aromatic hydroxyl groups is 1. The molecular weight excluding hydrogens is 461 g/mol. The van der Waals surface area contributed by atoms with Crippen molar-refractivity contribution in [2.24, 2.45) is 0 Å². The number of benzene rings is 3. The van der Waals surface area contributed by atoms with Gasteiger partial charge in [0.05, 0.1) is 13.2 Å². The Bertz CT molecular complexity index is 1420. The number of ether oxygens (including phenoxy) is 1. The summed E-state index contributed by atoms with van der Waals surface area (Å²) in [6, 6.07) is 14.8. The molecule has 0 saturated carbocycles. The van der Waals surface area contributed by atoms with Gasteiger partial charge in [0.25, 0.3) is 10.9 Å². The molecule has 3 N–H and O–H groups in total. The SMILES string of the molecule is COc1ccc(C(NC(C)c2cc(F)c(F)c(F)c2)c2cccc(Nc3c(O)c(=O)c3=O)c2)cc1. The molecule has 4 aromatic carbocycles. The number of halogens is 3. The lowest BCUT2D eigenvalue weighted by Gasteiger charge is -2.25. The first kappa shape index (κ1) is 24.0. The van der Waals surface area contributed by atoms with Crippen molar-refractivity contribution in [2.75, 3.05) is 12.4 Å². The van der Waals surface area contributed by atoms with Crippen LogP contribution in [0, 0.1) is 17.5 Å². The fourth-order valence-electron chi connectivity index (χ4n) is 3.79. The molecule has 9 heteroatoms. The van der Waals surface area contributed by atoms with E-state index in [1.807, 2.05) is 12.1 Å². The zero-order valence-electron chi connectivity index (χ0n) is 18.7. The van der Waals surface area contributed by atoms with Crippen molar-refractivity contribution in [2.45, 2.75) is 19.0 Å². The van der Waals surface area contributed by atoms with Gasteiger partial charge in [0.2, 0.25) is 0 Å². The van der Waals surface area contributed by atoms with Crippen LogP contribution in [0.2, 0.25) is 0 Å². The van der Waals surface area contributed by atoms with Crippen molar-refractivity contribution in [1.29, 1.82) is 0 Å². The van der Waals surface area contributed by atoms with Crippen LogP contribution >= 0.6 is 0 Å². The van der Waals surface area contributed by atoms with Crippen molar-refractivity contribution >= 4 is 11.4 Å². The molecule has 0 amide bonds. The molecule has 35 heavy (non-hydrogen) atoms. The van der Waals surface area contributed by atoms with E-state index in [1.165, 1.54) is 7.11 Å². The number of nitrogens with one attached hydrogen (secondary N) is 2. The van der Waals surface area contributed by atoms with Gasteiger partial charge >= 0.3 is 0 Å². The van der Waals surface area contributed by atoms with E-state index < -0.39 is 46.1 Å². The quantitative estimate of drug-likeness (QED) is 0.251. The third-order valence-electron chi connectivity index (χ3n) is 5.75. The Morgan fingerprint density at radius 2 is 1.51 bits per heavy atom. The van der Waals surface area contributed by atoms with Gasteiger partial charge in [-0.3, -0.25) is 14.9 Å². The van der Waals surface area contributed by atoms with Gasteiger partial charge in [0.15, 0.2) is 23.2 Å². The molecule has 4 aromatic rings. The minimum Gasteiger partial charge on any atom is -0.502 e. The summed E-state index contributed by atoms with van der Waals surface area (Å²) in [5, 5.41) is 15.7. The second-order valence-electron chi connectivity index (χ2n) is 8.03. The summed E-state index contributed by atoms with van der Waals surface area (Å²) < 4.78 is 46.3. The largest absolute Gasteiger partial charge is 0.502 e. The summed E-state index contributed by atoms with van der Waals surface area (Å²) in [6.07, 6.45) is 0. The third-order valence-corrected chi connectivity index (χ3v) is 5.75. The lowest BCUT2D eigenvalue weighted by molar-refractivity contribution is 0.414. The first-order chi connectivity index (χ1) is 16.7. The monoisotopic (exact) mass is 482 g/mol. The highest BCUT2D eigenvalue weighted by molar-refractivity contribution is 5.69. The van der Waals surface area contributed by atoms with E-state index in [-0.39, 0.29) is 11.3 Å². The molecule has 0 bridgehead atoms. The molecule has 0 saturated heterocycles. The van der Waals surface area contributed by atoms with Crippen LogP contribution in [-0.2, 0) is 0 Å². The average molecular weight is 482 g/mol. The molecular formula is C26H21F3N2O4. The van der Waals surface area contributed by atoms with Gasteiger partial charge in [0, 0.05) is 11.7 Å². The highest BCUT2D eigenvalue weighted by Crippen LogP contribution is 2.31. The first-order valence-electron chi connectivity index (χ1n) is 10.6. The first-order valence-corrected chi connectivity index (χ1v) is 10.6. The molecule has 0 fully saturated rings. The van der Waals surface area contributed by atoms with Crippen LogP contribution in [0.5, 0.6) is 11.5 Å². The van der Waals surface area contributed by atoms with Crippen LogP contribution in [0.1, 0.15) is 35.7 Å². The number of hydrogen-bond donors (Lipinski definition) is 3. The Morgan fingerprint density at radius 1 is 0.857 bits per heavy atom. The van der Waals surface area contributed by atoms with E-state index >= 15 is 0 Å². The van der Waals surface area contributed by atoms with Gasteiger partial charge in [-0.2, -0.15) is 0 Å². The van der Waals surface area contributed by atoms with Gasteiger partial charge in [-0.15, -0.1) is 0 Å². The van der Waals surface area contributed by atoms with Gasteiger partial charge in [-0.05, 0) is 60.0 Å². The minimum atomic E-state index is -1.53. The van der Waals surface area contributed by atoms with Crippen molar-refractivity contribution in [1.82, 2.24) is 5.32 Å². The van der Waals surface area contributed by atoms with Crippen molar-refractivity contribution in [3.63, 3.8) is 0 Å². The second kappa shape index (κ2) is 9.63. The molecule has 0 radical (unpaired) electrons. The van der Waals surface area contributed by atoms with Crippen molar-refractivity contribution in [3.05, 3.63) is 115 Å². The Balaban J connectivity index is 1.69. The van der Waals surface area contributed by atoms with Crippen LogP contribution in [-0.4, -0.2) is 12.2 Å². The van der Waals surface area contributed by atoms with Gasteiger partial charge in [-0.25, -0.2) is 13.2 Å². The highest BCUT2D eigenvalue weighted by Gasteiger charge is 2.23. The number of hydrogen-bond acceptors (Lipinski definition) is 6. The van der Waals surface area contributed by atoms with E-state index in [2.05, 4.69) is 10.6 Å². The fraction of sp³-hybridized carbons (Fsp3) is 0.154. The van der Waals surface area contributed by atoms with Crippen LogP contribution in [0.4, 0.5) is 24.5 Å². The Hall–Kier alpha value is -4.11. The van der Waals surface area contributed by atoms with E-state index in [4.69, 9.17) is 4.74 Å². The Morgan fingerprint density at radius 3 is 2.11 bits per heavy atom. The van der Waals surface area contributed by atoms with E-state index in [0.29, 0.717) is 17.0 Å². The van der Waals surface area contributed by atoms with Crippen LogP contribution < -0.4 is 26.2 Å². The fourth-order valence-corrected chi connectivity index (χ4v) is 3.79. The molecule has 0 aliphatic carbocycles. The highest BCUT2D eigenvalue weighted by atomic mass is 19.2. The minimum absolute atomic E-state index is 0.188. The summed E-state index contributed by atoms with van der Waals surface area (Å²) >= 11 is 0. The van der Waals surface area contributed by atoms with Crippen LogP contribution in [0.25, 0.3) is 0 Å². The molecule has 0 heterocycles. The van der Waals surface area contributed by atoms with Crippen molar-refractivity contribution in [3.8, 4) is 11.5 Å². The summed E-state index contributed by atoms with van der Waals surface area (Å²) in [4.78, 5) is 23.0. The van der Waals surface area contributed by atoms with Crippen LogP contribution in [0.15, 0.2) is 70.3 Å². The van der Waals surface area contributed by atoms with Gasteiger partial charge in [0.1, 0.15) is 11.4 Å². The molecule has 6 nitrogen and oxygen atoms in total. The predicted molar refractivity (Wildman–Crippen MR) is 125 cm³/mol. The molecule has 0 aliphatic rings. The molecule has 2 atom stereocenters.